The Kier molecular flexibility index (Phi) is 4.13. The molecule has 2 N–H and O–H groups in total. The van der Waals surface area contributed by atoms with E-state index in [2.05, 4.69) is 9.71 Å². The van der Waals surface area contributed by atoms with E-state index in [4.69, 9.17) is 4.74 Å². The van der Waals surface area contributed by atoms with Crippen LogP contribution in [-0.2, 0) is 10.0 Å². The molecule has 0 radical (unpaired) electrons. The molecular formula is C17H15N2O5S-. The number of carboxylic acid groups (broad SMARTS) is 1. The van der Waals surface area contributed by atoms with Crippen LogP contribution in [0.4, 0.5) is 5.69 Å². The summed E-state index contributed by atoms with van der Waals surface area (Å²) in [7, 11) is -2.51. The minimum Gasteiger partial charge on any atom is -0.543 e. The Morgan fingerprint density at radius 1 is 1.16 bits per heavy atom. The molecular weight excluding hydrogens is 344 g/mol. The zero-order valence-electron chi connectivity index (χ0n) is 13.5. The zero-order valence-corrected chi connectivity index (χ0v) is 14.3. The number of aromatic carboxylic acids is 1. The van der Waals surface area contributed by atoms with Gasteiger partial charge in [0.05, 0.1) is 29.4 Å². The van der Waals surface area contributed by atoms with E-state index < -0.39 is 16.0 Å². The number of aromatic nitrogens is 1. The van der Waals surface area contributed by atoms with Crippen molar-refractivity contribution in [2.45, 2.75) is 11.8 Å². The number of H-pyrrole nitrogens is 1. The first-order valence-electron chi connectivity index (χ1n) is 7.32. The number of hydrogen-bond acceptors (Lipinski definition) is 5. The predicted octanol–water partition coefficient (Wildman–Crippen LogP) is 1.65. The molecule has 0 amide bonds. The minimum absolute atomic E-state index is 0.0143. The fourth-order valence-corrected chi connectivity index (χ4v) is 3.61. The Morgan fingerprint density at radius 2 is 1.84 bits per heavy atom. The summed E-state index contributed by atoms with van der Waals surface area (Å²) in [5, 5.41) is 11.8. The van der Waals surface area contributed by atoms with E-state index in [1.165, 1.54) is 31.4 Å². The van der Waals surface area contributed by atoms with Crippen LogP contribution in [0.2, 0.25) is 0 Å². The molecule has 25 heavy (non-hydrogen) atoms. The molecule has 1 heterocycles. The predicted molar refractivity (Wildman–Crippen MR) is 91.2 cm³/mol. The number of aromatic amines is 1. The molecule has 0 aliphatic rings. The van der Waals surface area contributed by atoms with Crippen LogP contribution in [0.1, 0.15) is 16.1 Å². The van der Waals surface area contributed by atoms with Crippen molar-refractivity contribution in [1.29, 1.82) is 0 Å². The van der Waals surface area contributed by atoms with Gasteiger partial charge < -0.3 is 19.6 Å². The van der Waals surface area contributed by atoms with Crippen molar-refractivity contribution in [2.24, 2.45) is 0 Å². The van der Waals surface area contributed by atoms with Gasteiger partial charge in [-0.2, -0.15) is 0 Å². The highest BCUT2D eigenvalue weighted by atomic mass is 32.2. The molecule has 7 nitrogen and oxygen atoms in total. The summed E-state index contributed by atoms with van der Waals surface area (Å²) in [6.45, 7) is 1.83. The Morgan fingerprint density at radius 3 is 2.44 bits per heavy atom. The van der Waals surface area contributed by atoms with E-state index in [0.717, 1.165) is 5.56 Å². The average Bonchev–Trinajstić information content (AvgIpc) is 2.92. The van der Waals surface area contributed by atoms with Crippen molar-refractivity contribution in [3.05, 3.63) is 53.7 Å². The van der Waals surface area contributed by atoms with E-state index in [9.17, 15) is 18.3 Å². The lowest BCUT2D eigenvalue weighted by Gasteiger charge is -2.11. The highest BCUT2D eigenvalue weighted by molar-refractivity contribution is 7.92. The maximum atomic E-state index is 12.6. The van der Waals surface area contributed by atoms with Crippen molar-refractivity contribution in [2.75, 3.05) is 11.8 Å². The summed E-state index contributed by atoms with van der Waals surface area (Å²) < 4.78 is 32.6. The summed E-state index contributed by atoms with van der Waals surface area (Å²) in [4.78, 5) is 14.0. The summed E-state index contributed by atoms with van der Waals surface area (Å²) >= 11 is 0. The number of nitrogens with one attached hydrogen (secondary N) is 2. The molecule has 0 bridgehead atoms. The standard InChI is InChI=1S/C17H16N2O5S/c1-10-3-8-14-13(9-10)15(16(18-14)17(20)21)19-25(22,23)12-6-4-11(24-2)5-7-12/h3-9,18-19H,1-2H3,(H,20,21)/p-1. The third-order valence-electron chi connectivity index (χ3n) is 3.76. The maximum absolute atomic E-state index is 12.6. The number of carbonyl (C=O) groups excluding carboxylic acids is 1. The summed E-state index contributed by atoms with van der Waals surface area (Å²) in [6.07, 6.45) is 0. The third-order valence-corrected chi connectivity index (χ3v) is 5.13. The second kappa shape index (κ2) is 6.14. The number of fused-ring (bicyclic) bond motifs is 1. The summed E-state index contributed by atoms with van der Waals surface area (Å²) in [5.41, 5.74) is 0.991. The number of ether oxygens (including phenoxy) is 1. The van der Waals surface area contributed by atoms with Crippen LogP contribution in [0.25, 0.3) is 10.9 Å². The lowest BCUT2D eigenvalue weighted by molar-refractivity contribution is -0.255. The van der Waals surface area contributed by atoms with Gasteiger partial charge in [0.1, 0.15) is 5.75 Å². The lowest BCUT2D eigenvalue weighted by atomic mass is 10.1. The SMILES string of the molecule is COc1ccc(S(=O)(=O)Nc2c(C(=O)[O-])[nH]c3ccc(C)cc23)cc1. The van der Waals surface area contributed by atoms with Crippen LogP contribution < -0.4 is 14.6 Å². The molecule has 130 valence electrons. The normalized spacial score (nSPS) is 11.4. The van der Waals surface area contributed by atoms with Crippen LogP contribution in [-0.4, -0.2) is 26.5 Å². The van der Waals surface area contributed by atoms with Crippen LogP contribution in [0.15, 0.2) is 47.4 Å². The number of rotatable bonds is 5. The molecule has 0 fully saturated rings. The first-order chi connectivity index (χ1) is 11.8. The fourth-order valence-electron chi connectivity index (χ4n) is 2.51. The molecule has 0 atom stereocenters. The lowest BCUT2D eigenvalue weighted by Crippen LogP contribution is -2.25. The van der Waals surface area contributed by atoms with Gasteiger partial charge in [0.2, 0.25) is 0 Å². The van der Waals surface area contributed by atoms with Crippen molar-refractivity contribution < 1.29 is 23.1 Å². The van der Waals surface area contributed by atoms with Gasteiger partial charge in [-0.25, -0.2) is 8.42 Å². The number of anilines is 1. The molecule has 0 unspecified atom stereocenters. The monoisotopic (exact) mass is 359 g/mol. The third kappa shape index (κ3) is 3.16. The molecule has 0 saturated carbocycles. The van der Waals surface area contributed by atoms with Gasteiger partial charge in [0.15, 0.2) is 0 Å². The highest BCUT2D eigenvalue weighted by Gasteiger charge is 2.20. The smallest absolute Gasteiger partial charge is 0.261 e. The zero-order chi connectivity index (χ0) is 18.2. The summed E-state index contributed by atoms with van der Waals surface area (Å²) in [5.74, 6) is -0.988. The molecule has 3 aromatic rings. The second-order valence-electron chi connectivity index (χ2n) is 5.49. The van der Waals surface area contributed by atoms with Gasteiger partial charge in [-0.1, -0.05) is 11.6 Å². The molecule has 0 spiro atoms. The number of aryl methyl sites for hydroxylation is 1. The van der Waals surface area contributed by atoms with E-state index in [-0.39, 0.29) is 16.3 Å². The van der Waals surface area contributed by atoms with Crippen molar-refractivity contribution in [1.82, 2.24) is 4.98 Å². The quantitative estimate of drug-likeness (QED) is 0.719. The van der Waals surface area contributed by atoms with Crippen molar-refractivity contribution in [3.8, 4) is 5.75 Å². The Balaban J connectivity index is 2.10. The maximum Gasteiger partial charge on any atom is 0.261 e. The van der Waals surface area contributed by atoms with Crippen LogP contribution >= 0.6 is 0 Å². The Labute approximate surface area is 144 Å². The number of benzene rings is 2. The molecule has 8 heteroatoms. The molecule has 1 aromatic heterocycles. The average molecular weight is 359 g/mol. The van der Waals surface area contributed by atoms with E-state index in [1.54, 1.807) is 18.2 Å². The van der Waals surface area contributed by atoms with Gasteiger partial charge in [-0.05, 0) is 43.3 Å². The van der Waals surface area contributed by atoms with Crippen LogP contribution in [0.5, 0.6) is 5.75 Å². The molecule has 0 aliphatic carbocycles. The second-order valence-corrected chi connectivity index (χ2v) is 7.17. The van der Waals surface area contributed by atoms with E-state index >= 15 is 0 Å². The van der Waals surface area contributed by atoms with E-state index in [0.29, 0.717) is 16.7 Å². The van der Waals surface area contributed by atoms with Gasteiger partial charge in [-0.3, -0.25) is 4.72 Å². The number of carbonyl (C=O) groups is 1. The summed E-state index contributed by atoms with van der Waals surface area (Å²) in [6, 6.07) is 10.9. The van der Waals surface area contributed by atoms with Gasteiger partial charge in [0, 0.05) is 10.9 Å². The fraction of sp³-hybridized carbons (Fsp3) is 0.118. The first kappa shape index (κ1) is 16.8. The Hall–Kier alpha value is -3.00. The van der Waals surface area contributed by atoms with Gasteiger partial charge in [-0.15, -0.1) is 0 Å². The number of sulfonamides is 1. The van der Waals surface area contributed by atoms with Crippen molar-refractivity contribution >= 4 is 32.6 Å². The minimum atomic E-state index is -3.99. The molecule has 0 saturated heterocycles. The number of methoxy groups -OCH3 is 1. The van der Waals surface area contributed by atoms with Crippen LogP contribution in [0.3, 0.4) is 0 Å². The molecule has 2 aromatic carbocycles. The van der Waals surface area contributed by atoms with Crippen molar-refractivity contribution in [3.63, 3.8) is 0 Å². The van der Waals surface area contributed by atoms with E-state index in [1.807, 2.05) is 6.92 Å². The largest absolute Gasteiger partial charge is 0.543 e. The highest BCUT2D eigenvalue weighted by Crippen LogP contribution is 2.30. The first-order valence-corrected chi connectivity index (χ1v) is 8.80. The Bertz CT molecular complexity index is 1050. The number of carboxylic acids is 1. The van der Waals surface area contributed by atoms with Gasteiger partial charge in [0.25, 0.3) is 10.0 Å². The molecule has 3 rings (SSSR count). The topological polar surface area (TPSA) is 111 Å². The molecule has 0 aliphatic heterocycles. The van der Waals surface area contributed by atoms with Gasteiger partial charge >= 0.3 is 0 Å². The number of hydrogen-bond donors (Lipinski definition) is 2. The van der Waals surface area contributed by atoms with Crippen LogP contribution in [0, 0.1) is 6.92 Å².